The first-order valence-corrected chi connectivity index (χ1v) is 5.68. The van der Waals surface area contributed by atoms with Crippen LogP contribution in [-0.2, 0) is 0 Å². The van der Waals surface area contributed by atoms with E-state index in [-0.39, 0.29) is 12.4 Å². The maximum Gasteiger partial charge on any atom is -0.147 e. The topological polar surface area (TPSA) is 0 Å². The third-order valence-corrected chi connectivity index (χ3v) is 2.34. The standard InChI is InChI=1S/C8H17.ClH.Na/c1-4-5-6-7-8(2)3;;/h8H,1,4-7H2,2-3H3;1H;. The van der Waals surface area contributed by atoms with Gasteiger partial charge in [0.15, 0.2) is 0 Å². The summed E-state index contributed by atoms with van der Waals surface area (Å²) < 4.78 is 1.50. The average Bonchev–Trinajstić information content (AvgIpc) is 1.80. The number of halogens is 1. The Bertz CT molecular complexity index is 55.2. The summed E-state index contributed by atoms with van der Waals surface area (Å²) in [7, 11) is 0. The fourth-order valence-electron chi connectivity index (χ4n) is 0.979. The van der Waals surface area contributed by atoms with Gasteiger partial charge < -0.3 is 0 Å². The number of unbranched alkanes of at least 4 members (excludes halogenated alkanes) is 2. The van der Waals surface area contributed by atoms with Gasteiger partial charge in [0, 0.05) is 0 Å². The van der Waals surface area contributed by atoms with Gasteiger partial charge in [-0.25, -0.2) is 0 Å². The summed E-state index contributed by atoms with van der Waals surface area (Å²) in [6.45, 7) is 4.61. The summed E-state index contributed by atoms with van der Waals surface area (Å²) in [5.41, 5.74) is 0. The average molecular weight is 173 g/mol. The fourth-order valence-corrected chi connectivity index (χ4v) is 1.48. The van der Waals surface area contributed by atoms with Crippen LogP contribution in [0.5, 0.6) is 0 Å². The first-order chi connectivity index (χ1) is 4.27. The van der Waals surface area contributed by atoms with Crippen molar-refractivity contribution < 1.29 is 0 Å². The van der Waals surface area contributed by atoms with Gasteiger partial charge in [-0.05, 0) is 0 Å². The molecule has 0 radical (unpaired) electrons. The van der Waals surface area contributed by atoms with Crippen molar-refractivity contribution in [3.63, 3.8) is 0 Å². The Labute approximate surface area is 89.0 Å². The summed E-state index contributed by atoms with van der Waals surface area (Å²) in [6, 6.07) is 0. The molecule has 0 unspecified atom stereocenters. The predicted octanol–water partition coefficient (Wildman–Crippen LogP) is 3.21. The van der Waals surface area contributed by atoms with Crippen LogP contribution in [0.2, 0.25) is 3.67 Å². The molecule has 58 valence electrons. The summed E-state index contributed by atoms with van der Waals surface area (Å²) in [5, 5.41) is 0. The molecule has 0 rings (SSSR count). The van der Waals surface area contributed by atoms with E-state index in [0.29, 0.717) is 0 Å². The molecule has 0 fully saturated rings. The van der Waals surface area contributed by atoms with E-state index in [4.69, 9.17) is 0 Å². The molecular weight excluding hydrogens is 155 g/mol. The van der Waals surface area contributed by atoms with Gasteiger partial charge >= 0.3 is 77.0 Å². The first kappa shape index (κ1) is 13.9. The van der Waals surface area contributed by atoms with Crippen molar-refractivity contribution in [1.82, 2.24) is 0 Å². The third kappa shape index (κ3) is 12.0. The van der Waals surface area contributed by atoms with Crippen LogP contribution in [0.4, 0.5) is 0 Å². The molecule has 0 aromatic carbocycles. The molecule has 0 aliphatic carbocycles. The fraction of sp³-hybridized carbons (Fsp3) is 1.00. The molecular formula is C8H18ClNa. The van der Waals surface area contributed by atoms with Crippen molar-refractivity contribution in [1.29, 1.82) is 0 Å². The van der Waals surface area contributed by atoms with E-state index in [9.17, 15) is 0 Å². The minimum atomic E-state index is 0. The SMILES string of the molecule is CC(C)CCCC[CH2][Na].Cl. The quantitative estimate of drug-likeness (QED) is 0.441. The second-order valence-electron chi connectivity index (χ2n) is 3.24. The van der Waals surface area contributed by atoms with E-state index in [2.05, 4.69) is 13.8 Å². The zero-order valence-electron chi connectivity index (χ0n) is 7.52. The van der Waals surface area contributed by atoms with Crippen LogP contribution in [-0.4, -0.2) is 27.9 Å². The minimum absolute atomic E-state index is 0. The van der Waals surface area contributed by atoms with Gasteiger partial charge in [-0.2, -0.15) is 0 Å². The second kappa shape index (κ2) is 10.3. The molecule has 0 N–H and O–H groups in total. The van der Waals surface area contributed by atoms with Gasteiger partial charge in [-0.1, -0.05) is 0 Å². The van der Waals surface area contributed by atoms with Gasteiger partial charge in [0.25, 0.3) is 0 Å². The summed E-state index contributed by atoms with van der Waals surface area (Å²) in [5.74, 6) is 0.916. The Balaban J connectivity index is 0. The Morgan fingerprint density at radius 2 is 1.70 bits per heavy atom. The molecule has 0 aromatic heterocycles. The largest absolute Gasteiger partial charge is 0.147 e. The van der Waals surface area contributed by atoms with Gasteiger partial charge in [-0.15, -0.1) is 12.4 Å². The molecule has 0 amide bonds. The summed E-state index contributed by atoms with van der Waals surface area (Å²) >= 11 is 1.40. The summed E-state index contributed by atoms with van der Waals surface area (Å²) in [4.78, 5) is 0. The van der Waals surface area contributed by atoms with Crippen molar-refractivity contribution in [2.24, 2.45) is 5.92 Å². The molecule has 0 bridgehead atoms. The number of hydrogen-bond acceptors (Lipinski definition) is 0. The van der Waals surface area contributed by atoms with Gasteiger partial charge in [-0.3, -0.25) is 0 Å². The Hall–Kier alpha value is 1.29. The smallest absolute Gasteiger partial charge is 0.147 e. The molecule has 0 aromatic rings. The van der Waals surface area contributed by atoms with Crippen LogP contribution in [0.15, 0.2) is 0 Å². The normalized spacial score (nSPS) is 9.70. The van der Waals surface area contributed by atoms with Gasteiger partial charge in [0.1, 0.15) is 0 Å². The van der Waals surface area contributed by atoms with E-state index in [0.717, 1.165) is 5.92 Å². The minimum Gasteiger partial charge on any atom is -0.147 e. The Kier molecular flexibility index (Phi) is 14.3. The second-order valence-corrected chi connectivity index (χ2v) is 4.24. The van der Waals surface area contributed by atoms with E-state index >= 15 is 0 Å². The maximum absolute atomic E-state index is 2.31. The first-order valence-electron chi connectivity index (χ1n) is 4.27. The van der Waals surface area contributed by atoms with Crippen molar-refractivity contribution in [2.75, 3.05) is 0 Å². The van der Waals surface area contributed by atoms with Crippen molar-refractivity contribution in [3.05, 3.63) is 0 Å². The van der Waals surface area contributed by atoms with Crippen molar-refractivity contribution in [3.8, 4) is 0 Å². The van der Waals surface area contributed by atoms with Crippen LogP contribution >= 0.6 is 12.4 Å². The van der Waals surface area contributed by atoms with Crippen LogP contribution < -0.4 is 0 Å². The Morgan fingerprint density at radius 1 is 1.10 bits per heavy atom. The molecule has 0 aliphatic rings. The molecule has 0 spiro atoms. The monoisotopic (exact) mass is 172 g/mol. The van der Waals surface area contributed by atoms with Gasteiger partial charge in [0.2, 0.25) is 0 Å². The molecule has 0 aliphatic heterocycles. The molecule has 2 heteroatoms. The predicted molar refractivity (Wildman–Crippen MR) is 51.1 cm³/mol. The molecule has 0 nitrogen and oxygen atoms in total. The van der Waals surface area contributed by atoms with Gasteiger partial charge in [0.05, 0.1) is 0 Å². The van der Waals surface area contributed by atoms with Crippen LogP contribution in [0.25, 0.3) is 0 Å². The molecule has 0 saturated heterocycles. The third-order valence-electron chi connectivity index (χ3n) is 1.64. The molecule has 0 atom stereocenters. The van der Waals surface area contributed by atoms with E-state index in [1.165, 1.54) is 57.3 Å². The molecule has 0 saturated carbocycles. The van der Waals surface area contributed by atoms with E-state index < -0.39 is 0 Å². The zero-order valence-corrected chi connectivity index (χ0v) is 10.3. The zero-order chi connectivity index (χ0) is 7.11. The maximum atomic E-state index is 2.31. The molecule has 0 heterocycles. The van der Waals surface area contributed by atoms with Crippen LogP contribution in [0.1, 0.15) is 39.5 Å². The van der Waals surface area contributed by atoms with Crippen molar-refractivity contribution >= 4 is 40.3 Å². The summed E-state index contributed by atoms with van der Waals surface area (Å²) in [6.07, 6.45) is 5.85. The Morgan fingerprint density at radius 3 is 2.10 bits per heavy atom. The van der Waals surface area contributed by atoms with Crippen molar-refractivity contribution in [2.45, 2.75) is 43.2 Å². The molecule has 10 heavy (non-hydrogen) atoms. The number of hydrogen-bond donors (Lipinski definition) is 0. The number of rotatable bonds is 5. The van der Waals surface area contributed by atoms with Crippen LogP contribution in [0.3, 0.4) is 0 Å². The van der Waals surface area contributed by atoms with Crippen LogP contribution in [0, 0.1) is 5.92 Å². The van der Waals surface area contributed by atoms with E-state index in [1.807, 2.05) is 0 Å². The van der Waals surface area contributed by atoms with E-state index in [1.54, 1.807) is 0 Å².